The standard InChI is InChI=1S/C18H24N2O2/c1-6-14-7-9-15(10-8-14)11-20(5)18(21)16-13(4)19-22-17(16)12(2)3/h7-10,12H,6,11H2,1-5H3. The van der Waals surface area contributed by atoms with Crippen LogP contribution in [0.4, 0.5) is 0 Å². The first kappa shape index (κ1) is 16.3. The Bertz CT molecular complexity index is 642. The van der Waals surface area contributed by atoms with Crippen LogP contribution in [-0.4, -0.2) is 23.0 Å². The largest absolute Gasteiger partial charge is 0.360 e. The number of aromatic nitrogens is 1. The number of benzene rings is 1. The number of carbonyl (C=O) groups excluding carboxylic acids is 1. The monoisotopic (exact) mass is 300 g/mol. The van der Waals surface area contributed by atoms with Crippen molar-refractivity contribution in [2.75, 3.05) is 7.05 Å². The van der Waals surface area contributed by atoms with Crippen LogP contribution in [0.15, 0.2) is 28.8 Å². The highest BCUT2D eigenvalue weighted by Crippen LogP contribution is 2.24. The summed E-state index contributed by atoms with van der Waals surface area (Å²) in [6.45, 7) is 8.52. The lowest BCUT2D eigenvalue weighted by Crippen LogP contribution is -2.27. The molecule has 0 atom stereocenters. The minimum Gasteiger partial charge on any atom is -0.360 e. The van der Waals surface area contributed by atoms with Crippen molar-refractivity contribution in [2.24, 2.45) is 0 Å². The molecule has 1 amide bonds. The SMILES string of the molecule is CCc1ccc(CN(C)C(=O)c2c(C)noc2C(C)C)cc1. The summed E-state index contributed by atoms with van der Waals surface area (Å²) >= 11 is 0. The number of rotatable bonds is 5. The zero-order chi connectivity index (χ0) is 16.3. The fourth-order valence-electron chi connectivity index (χ4n) is 2.46. The highest BCUT2D eigenvalue weighted by molar-refractivity contribution is 5.96. The average Bonchev–Trinajstić information content (AvgIpc) is 2.89. The third-order valence-electron chi connectivity index (χ3n) is 3.83. The van der Waals surface area contributed by atoms with Crippen LogP contribution in [0, 0.1) is 6.92 Å². The van der Waals surface area contributed by atoms with Gasteiger partial charge < -0.3 is 9.42 Å². The molecule has 0 fully saturated rings. The van der Waals surface area contributed by atoms with Crippen LogP contribution in [0.25, 0.3) is 0 Å². The van der Waals surface area contributed by atoms with E-state index >= 15 is 0 Å². The van der Waals surface area contributed by atoms with Gasteiger partial charge in [-0.15, -0.1) is 0 Å². The molecule has 0 aliphatic heterocycles. The maximum atomic E-state index is 12.7. The first-order valence-corrected chi connectivity index (χ1v) is 7.73. The molecule has 118 valence electrons. The Morgan fingerprint density at radius 3 is 2.36 bits per heavy atom. The Morgan fingerprint density at radius 1 is 1.23 bits per heavy atom. The average molecular weight is 300 g/mol. The van der Waals surface area contributed by atoms with E-state index < -0.39 is 0 Å². The maximum Gasteiger partial charge on any atom is 0.259 e. The molecule has 0 saturated carbocycles. The summed E-state index contributed by atoms with van der Waals surface area (Å²) in [4.78, 5) is 14.4. The van der Waals surface area contributed by atoms with Gasteiger partial charge in [0.1, 0.15) is 5.56 Å². The quantitative estimate of drug-likeness (QED) is 0.840. The molecule has 0 unspecified atom stereocenters. The molecule has 0 bridgehead atoms. The van der Waals surface area contributed by atoms with Gasteiger partial charge in [0.05, 0.1) is 5.69 Å². The third-order valence-corrected chi connectivity index (χ3v) is 3.83. The number of amides is 1. The predicted octanol–water partition coefficient (Wildman–Crippen LogP) is 3.94. The van der Waals surface area contributed by atoms with Crippen LogP contribution in [0.3, 0.4) is 0 Å². The second kappa shape index (κ2) is 6.77. The van der Waals surface area contributed by atoms with Crippen molar-refractivity contribution < 1.29 is 9.32 Å². The van der Waals surface area contributed by atoms with Gasteiger partial charge >= 0.3 is 0 Å². The van der Waals surface area contributed by atoms with Gasteiger partial charge in [0, 0.05) is 19.5 Å². The van der Waals surface area contributed by atoms with E-state index in [-0.39, 0.29) is 11.8 Å². The molecular weight excluding hydrogens is 276 g/mol. The molecule has 2 aromatic rings. The molecule has 0 spiro atoms. The summed E-state index contributed by atoms with van der Waals surface area (Å²) in [5.41, 5.74) is 3.67. The Morgan fingerprint density at radius 2 is 1.82 bits per heavy atom. The van der Waals surface area contributed by atoms with Crippen molar-refractivity contribution in [3.05, 3.63) is 52.4 Å². The van der Waals surface area contributed by atoms with E-state index in [4.69, 9.17) is 4.52 Å². The Hall–Kier alpha value is -2.10. The van der Waals surface area contributed by atoms with Crippen LogP contribution in [0.1, 0.15) is 59.6 Å². The third kappa shape index (κ3) is 3.38. The summed E-state index contributed by atoms with van der Waals surface area (Å²) < 4.78 is 5.31. The topological polar surface area (TPSA) is 46.3 Å². The second-order valence-corrected chi connectivity index (χ2v) is 5.99. The molecule has 0 aliphatic carbocycles. The van der Waals surface area contributed by atoms with Gasteiger partial charge in [-0.1, -0.05) is 50.2 Å². The number of nitrogens with zero attached hydrogens (tertiary/aromatic N) is 2. The number of hydrogen-bond donors (Lipinski definition) is 0. The molecule has 1 aromatic heterocycles. The summed E-state index contributed by atoms with van der Waals surface area (Å²) in [5.74, 6) is 0.759. The minimum absolute atomic E-state index is 0.0398. The van der Waals surface area contributed by atoms with Crippen molar-refractivity contribution in [1.82, 2.24) is 10.1 Å². The van der Waals surface area contributed by atoms with E-state index in [9.17, 15) is 4.79 Å². The van der Waals surface area contributed by atoms with E-state index in [0.29, 0.717) is 23.6 Å². The van der Waals surface area contributed by atoms with E-state index in [1.165, 1.54) is 5.56 Å². The first-order chi connectivity index (χ1) is 10.4. The van der Waals surface area contributed by atoms with Crippen LogP contribution < -0.4 is 0 Å². The van der Waals surface area contributed by atoms with Gasteiger partial charge in [-0.2, -0.15) is 0 Å². The molecule has 1 aromatic carbocycles. The van der Waals surface area contributed by atoms with Gasteiger partial charge in [0.15, 0.2) is 5.76 Å². The fraction of sp³-hybridized carbons (Fsp3) is 0.444. The van der Waals surface area contributed by atoms with Crippen molar-refractivity contribution in [2.45, 2.75) is 46.6 Å². The van der Waals surface area contributed by atoms with Crippen molar-refractivity contribution in [3.63, 3.8) is 0 Å². The molecule has 0 aliphatic rings. The van der Waals surface area contributed by atoms with E-state index in [0.717, 1.165) is 12.0 Å². The van der Waals surface area contributed by atoms with Crippen molar-refractivity contribution in [3.8, 4) is 0 Å². The lowest BCUT2D eigenvalue weighted by atomic mass is 10.0. The normalized spacial score (nSPS) is 11.0. The van der Waals surface area contributed by atoms with Crippen molar-refractivity contribution >= 4 is 5.91 Å². The molecule has 4 heteroatoms. The molecular formula is C18H24N2O2. The predicted molar refractivity (Wildman–Crippen MR) is 86.9 cm³/mol. The number of carbonyl (C=O) groups is 1. The Kier molecular flexibility index (Phi) is 5.01. The minimum atomic E-state index is -0.0398. The smallest absolute Gasteiger partial charge is 0.259 e. The zero-order valence-electron chi connectivity index (χ0n) is 14.0. The fourth-order valence-corrected chi connectivity index (χ4v) is 2.46. The molecule has 0 N–H and O–H groups in total. The van der Waals surface area contributed by atoms with Crippen LogP contribution in [0.2, 0.25) is 0 Å². The van der Waals surface area contributed by atoms with Gasteiger partial charge in [-0.3, -0.25) is 4.79 Å². The van der Waals surface area contributed by atoms with Crippen LogP contribution in [0.5, 0.6) is 0 Å². The summed E-state index contributed by atoms with van der Waals surface area (Å²) in [5, 5.41) is 3.95. The maximum absolute atomic E-state index is 12.7. The highest BCUT2D eigenvalue weighted by atomic mass is 16.5. The van der Waals surface area contributed by atoms with Gasteiger partial charge in [-0.05, 0) is 24.5 Å². The molecule has 22 heavy (non-hydrogen) atoms. The zero-order valence-corrected chi connectivity index (χ0v) is 14.0. The second-order valence-electron chi connectivity index (χ2n) is 5.99. The lowest BCUT2D eigenvalue weighted by Gasteiger charge is -2.18. The number of hydrogen-bond acceptors (Lipinski definition) is 3. The van der Waals surface area contributed by atoms with Crippen LogP contribution >= 0.6 is 0 Å². The van der Waals surface area contributed by atoms with Gasteiger partial charge in [0.2, 0.25) is 0 Å². The highest BCUT2D eigenvalue weighted by Gasteiger charge is 2.25. The van der Waals surface area contributed by atoms with Gasteiger partial charge in [0.25, 0.3) is 5.91 Å². The summed E-state index contributed by atoms with van der Waals surface area (Å²) in [7, 11) is 1.81. The summed E-state index contributed by atoms with van der Waals surface area (Å²) in [6.07, 6.45) is 1.02. The van der Waals surface area contributed by atoms with Crippen LogP contribution in [-0.2, 0) is 13.0 Å². The number of aryl methyl sites for hydroxylation is 2. The molecule has 0 radical (unpaired) electrons. The summed E-state index contributed by atoms with van der Waals surface area (Å²) in [6, 6.07) is 8.37. The molecule has 4 nitrogen and oxygen atoms in total. The molecule has 2 rings (SSSR count). The van der Waals surface area contributed by atoms with E-state index in [1.54, 1.807) is 4.90 Å². The van der Waals surface area contributed by atoms with Crippen molar-refractivity contribution in [1.29, 1.82) is 0 Å². The Labute approximate surface area is 132 Å². The van der Waals surface area contributed by atoms with E-state index in [2.05, 4.69) is 36.3 Å². The first-order valence-electron chi connectivity index (χ1n) is 7.73. The Balaban J connectivity index is 2.16. The van der Waals surface area contributed by atoms with E-state index in [1.807, 2.05) is 27.8 Å². The molecule has 1 heterocycles. The lowest BCUT2D eigenvalue weighted by molar-refractivity contribution is 0.0781. The molecule has 0 saturated heterocycles. The van der Waals surface area contributed by atoms with Gasteiger partial charge in [-0.25, -0.2) is 0 Å².